The first-order valence-corrected chi connectivity index (χ1v) is 13.1. The lowest BCUT2D eigenvalue weighted by Crippen LogP contribution is -2.59. The maximum absolute atomic E-state index is 14.1. The summed E-state index contributed by atoms with van der Waals surface area (Å²) in [5, 5.41) is 5.80. The second kappa shape index (κ2) is 13.3. The fourth-order valence-electron chi connectivity index (χ4n) is 4.26. The number of amides is 3. The van der Waals surface area contributed by atoms with Gasteiger partial charge in [0.15, 0.2) is 0 Å². The highest BCUT2D eigenvalue weighted by Gasteiger charge is 2.43. The minimum absolute atomic E-state index is 0.114. The zero-order valence-electron chi connectivity index (χ0n) is 22.7. The van der Waals surface area contributed by atoms with Gasteiger partial charge in [0.1, 0.15) is 17.7 Å². The number of carbonyl (C=O) groups excluding carboxylic acids is 3. The van der Waals surface area contributed by atoms with Crippen molar-refractivity contribution in [2.75, 3.05) is 6.54 Å². The zero-order valence-corrected chi connectivity index (χ0v) is 22.7. The van der Waals surface area contributed by atoms with E-state index in [1.54, 1.807) is 31.7 Å². The van der Waals surface area contributed by atoms with Crippen LogP contribution >= 0.6 is 0 Å². The Bertz CT molecular complexity index is 941. The SMILES string of the molecule is C#Cc1ccccc1C(C(=O)NCCCCC)N(C(=O)C(NC(=O)OC(C)(C)C)C(C)C)C1CCC1. The summed E-state index contributed by atoms with van der Waals surface area (Å²) >= 11 is 0. The summed E-state index contributed by atoms with van der Waals surface area (Å²) in [6.07, 6.45) is 10.6. The molecule has 0 heterocycles. The maximum Gasteiger partial charge on any atom is 0.408 e. The number of unbranched alkanes of at least 4 members (excludes halogenated alkanes) is 2. The highest BCUT2D eigenvalue weighted by atomic mass is 16.6. The molecular weight excluding hydrogens is 454 g/mol. The van der Waals surface area contributed by atoms with Crippen LogP contribution in [0.3, 0.4) is 0 Å². The first-order chi connectivity index (χ1) is 17.0. The molecular formula is C29H43N3O4. The lowest BCUT2D eigenvalue weighted by atomic mass is 9.86. The Kier molecular flexibility index (Phi) is 10.8. The van der Waals surface area contributed by atoms with Crippen LogP contribution in [-0.4, -0.2) is 47.0 Å². The van der Waals surface area contributed by atoms with Crippen molar-refractivity contribution in [1.29, 1.82) is 0 Å². The van der Waals surface area contributed by atoms with E-state index in [-0.39, 0.29) is 23.8 Å². The Hall–Kier alpha value is -3.01. The van der Waals surface area contributed by atoms with Crippen molar-refractivity contribution in [3.05, 3.63) is 35.4 Å². The molecule has 36 heavy (non-hydrogen) atoms. The quantitative estimate of drug-likeness (QED) is 0.335. The molecule has 1 aromatic carbocycles. The monoisotopic (exact) mass is 497 g/mol. The molecule has 0 aliphatic heterocycles. The van der Waals surface area contributed by atoms with Gasteiger partial charge in [0.05, 0.1) is 0 Å². The summed E-state index contributed by atoms with van der Waals surface area (Å²) < 4.78 is 5.43. The first kappa shape index (κ1) is 29.2. The fraction of sp³-hybridized carbons (Fsp3) is 0.621. The minimum atomic E-state index is -0.890. The second-order valence-electron chi connectivity index (χ2n) is 10.8. The number of hydrogen-bond acceptors (Lipinski definition) is 4. The van der Waals surface area contributed by atoms with Gasteiger partial charge in [-0.15, -0.1) is 6.42 Å². The third-order valence-electron chi connectivity index (χ3n) is 6.34. The summed E-state index contributed by atoms with van der Waals surface area (Å²) in [5.74, 6) is 1.90. The number of rotatable bonds is 11. The van der Waals surface area contributed by atoms with Gasteiger partial charge in [-0.05, 0) is 64.0 Å². The predicted molar refractivity (Wildman–Crippen MR) is 142 cm³/mol. The van der Waals surface area contributed by atoms with E-state index >= 15 is 0 Å². The van der Waals surface area contributed by atoms with Crippen LogP contribution < -0.4 is 10.6 Å². The first-order valence-electron chi connectivity index (χ1n) is 13.1. The van der Waals surface area contributed by atoms with Gasteiger partial charge >= 0.3 is 6.09 Å². The van der Waals surface area contributed by atoms with E-state index in [2.05, 4.69) is 23.5 Å². The maximum atomic E-state index is 14.1. The van der Waals surface area contributed by atoms with E-state index in [0.29, 0.717) is 17.7 Å². The van der Waals surface area contributed by atoms with E-state index in [9.17, 15) is 14.4 Å². The summed E-state index contributed by atoms with van der Waals surface area (Å²) in [6, 6.07) is 5.40. The van der Waals surface area contributed by atoms with Crippen LogP contribution in [0, 0.1) is 18.3 Å². The van der Waals surface area contributed by atoms with E-state index in [0.717, 1.165) is 38.5 Å². The lowest BCUT2D eigenvalue weighted by Gasteiger charge is -2.44. The van der Waals surface area contributed by atoms with Crippen LogP contribution in [0.4, 0.5) is 4.79 Å². The molecule has 0 radical (unpaired) electrons. The molecule has 2 rings (SSSR count). The molecule has 0 saturated heterocycles. The van der Waals surface area contributed by atoms with Gasteiger partial charge in [0, 0.05) is 18.2 Å². The lowest BCUT2D eigenvalue weighted by molar-refractivity contribution is -0.148. The van der Waals surface area contributed by atoms with Crippen LogP contribution in [0.15, 0.2) is 24.3 Å². The molecule has 2 atom stereocenters. The number of ether oxygens (including phenoxy) is 1. The van der Waals surface area contributed by atoms with E-state index in [1.807, 2.05) is 32.0 Å². The summed E-state index contributed by atoms with van der Waals surface area (Å²) in [7, 11) is 0. The molecule has 0 bridgehead atoms. The molecule has 7 heteroatoms. The third-order valence-corrected chi connectivity index (χ3v) is 6.34. The van der Waals surface area contributed by atoms with Gasteiger partial charge in [-0.25, -0.2) is 4.79 Å². The van der Waals surface area contributed by atoms with Crippen LogP contribution in [0.1, 0.15) is 97.2 Å². The smallest absolute Gasteiger partial charge is 0.408 e. The van der Waals surface area contributed by atoms with Gasteiger partial charge in [0.2, 0.25) is 11.8 Å². The number of terminal acetylenes is 1. The molecule has 198 valence electrons. The molecule has 0 aromatic heterocycles. The van der Waals surface area contributed by atoms with Crippen LogP contribution in [0.25, 0.3) is 0 Å². The zero-order chi connectivity index (χ0) is 26.9. The largest absolute Gasteiger partial charge is 0.444 e. The van der Waals surface area contributed by atoms with Gasteiger partial charge in [-0.2, -0.15) is 0 Å². The second-order valence-corrected chi connectivity index (χ2v) is 10.8. The number of nitrogens with zero attached hydrogens (tertiary/aromatic N) is 1. The molecule has 2 N–H and O–H groups in total. The molecule has 1 aromatic rings. The normalized spacial score (nSPS) is 15.3. The molecule has 0 spiro atoms. The molecule has 3 amide bonds. The summed E-state index contributed by atoms with van der Waals surface area (Å²) in [5.41, 5.74) is 0.493. The standard InChI is InChI=1S/C29H43N3O4/c1-8-10-13-19-30-26(33)25(23-18-12-11-15-21(23)9-2)32(22-16-14-17-22)27(34)24(20(3)4)31-28(35)36-29(5,6)7/h2,11-12,15,18,20,22,24-25H,8,10,13-14,16-17,19H2,1,3-7H3,(H,30,33)(H,31,35). The highest BCUT2D eigenvalue weighted by molar-refractivity contribution is 5.93. The van der Waals surface area contributed by atoms with Crippen LogP contribution in [0.2, 0.25) is 0 Å². The highest BCUT2D eigenvalue weighted by Crippen LogP contribution is 2.35. The van der Waals surface area contributed by atoms with E-state index in [1.165, 1.54) is 0 Å². The third kappa shape index (κ3) is 8.01. The van der Waals surface area contributed by atoms with Crippen molar-refractivity contribution in [3.63, 3.8) is 0 Å². The number of carbonyl (C=O) groups is 3. The molecule has 7 nitrogen and oxygen atoms in total. The van der Waals surface area contributed by atoms with Crippen molar-refractivity contribution >= 4 is 17.9 Å². The van der Waals surface area contributed by atoms with Crippen molar-refractivity contribution in [2.24, 2.45) is 5.92 Å². The Labute approximate surface area is 216 Å². The molecule has 1 aliphatic carbocycles. The molecule has 2 unspecified atom stereocenters. The Morgan fingerprint density at radius 3 is 2.36 bits per heavy atom. The Morgan fingerprint density at radius 1 is 1.17 bits per heavy atom. The number of nitrogens with one attached hydrogen (secondary N) is 2. The molecule has 1 saturated carbocycles. The van der Waals surface area contributed by atoms with Gasteiger partial charge in [-0.1, -0.05) is 57.7 Å². The average molecular weight is 498 g/mol. The van der Waals surface area contributed by atoms with Crippen LogP contribution in [-0.2, 0) is 14.3 Å². The van der Waals surface area contributed by atoms with Gasteiger partial charge in [0.25, 0.3) is 0 Å². The molecule has 1 fully saturated rings. The fourth-order valence-corrected chi connectivity index (χ4v) is 4.26. The van der Waals surface area contributed by atoms with Crippen molar-refractivity contribution in [2.45, 2.75) is 104 Å². The number of benzene rings is 1. The van der Waals surface area contributed by atoms with E-state index < -0.39 is 23.8 Å². The van der Waals surface area contributed by atoms with Crippen LogP contribution in [0.5, 0.6) is 0 Å². The average Bonchev–Trinajstić information content (AvgIpc) is 2.77. The van der Waals surface area contributed by atoms with Gasteiger partial charge in [-0.3, -0.25) is 9.59 Å². The topological polar surface area (TPSA) is 87.7 Å². The summed E-state index contributed by atoms with van der Waals surface area (Å²) in [4.78, 5) is 42.1. The Balaban J connectivity index is 2.47. The molecule has 1 aliphatic rings. The number of alkyl carbamates (subject to hydrolysis) is 1. The van der Waals surface area contributed by atoms with Crippen molar-refractivity contribution in [1.82, 2.24) is 15.5 Å². The Morgan fingerprint density at radius 2 is 1.83 bits per heavy atom. The van der Waals surface area contributed by atoms with Crippen molar-refractivity contribution < 1.29 is 19.1 Å². The minimum Gasteiger partial charge on any atom is -0.444 e. The predicted octanol–water partition coefficient (Wildman–Crippen LogP) is 4.95. The summed E-state index contributed by atoms with van der Waals surface area (Å²) in [6.45, 7) is 11.7. The van der Waals surface area contributed by atoms with Gasteiger partial charge < -0.3 is 20.3 Å². The van der Waals surface area contributed by atoms with E-state index in [4.69, 9.17) is 11.2 Å². The van der Waals surface area contributed by atoms with Crippen molar-refractivity contribution in [3.8, 4) is 12.3 Å². The number of hydrogen-bond donors (Lipinski definition) is 2.